The molecule has 2 heterocycles. The molecule has 0 radical (unpaired) electrons. The van der Waals surface area contributed by atoms with E-state index in [1.54, 1.807) is 18.3 Å². The van der Waals surface area contributed by atoms with Gasteiger partial charge in [-0.3, -0.25) is 9.88 Å². The van der Waals surface area contributed by atoms with Crippen LogP contribution >= 0.6 is 11.6 Å². The summed E-state index contributed by atoms with van der Waals surface area (Å²) in [6.07, 6.45) is 3.11. The molecular weight excluding hydrogens is 387 g/mol. The molecule has 3 nitrogen and oxygen atoms in total. The Bertz CT molecular complexity index is 966. The smallest absolute Gasteiger partial charge is 0.123 e. The summed E-state index contributed by atoms with van der Waals surface area (Å²) in [6, 6.07) is 15.7. The zero-order valence-electron chi connectivity index (χ0n) is 16.4. The highest BCUT2D eigenvalue weighted by atomic mass is 35.5. The minimum absolute atomic E-state index is 0.263. The predicted octanol–water partition coefficient (Wildman–Crippen LogP) is 5.72. The van der Waals surface area contributed by atoms with Crippen molar-refractivity contribution in [2.24, 2.45) is 0 Å². The standard InChI is InChI=1S/C24H24ClFN2O/c1-16-13-18(15-19(25)14-16)22-21(5-4-10-27-22)24(29)23(28-11-2-3-12-28)17-6-8-20(26)9-7-17/h4-10,13-15,23-24,29H,2-3,11-12H2,1H3/t23-,24+/m0/s1. The summed E-state index contributed by atoms with van der Waals surface area (Å²) < 4.78 is 13.5. The van der Waals surface area contributed by atoms with Crippen molar-refractivity contribution in [3.8, 4) is 11.3 Å². The number of aromatic nitrogens is 1. The zero-order valence-corrected chi connectivity index (χ0v) is 17.1. The van der Waals surface area contributed by atoms with E-state index in [1.165, 1.54) is 12.1 Å². The zero-order chi connectivity index (χ0) is 20.4. The highest BCUT2D eigenvalue weighted by Gasteiger charge is 2.32. The van der Waals surface area contributed by atoms with Gasteiger partial charge in [-0.25, -0.2) is 4.39 Å². The highest BCUT2D eigenvalue weighted by molar-refractivity contribution is 6.30. The predicted molar refractivity (Wildman–Crippen MR) is 114 cm³/mol. The molecule has 4 rings (SSSR count). The Morgan fingerprint density at radius 2 is 1.79 bits per heavy atom. The second-order valence-corrected chi connectivity index (χ2v) is 8.08. The number of rotatable bonds is 5. The maximum absolute atomic E-state index is 13.5. The number of likely N-dealkylation sites (tertiary alicyclic amines) is 1. The minimum atomic E-state index is -0.804. The molecule has 0 unspecified atom stereocenters. The molecule has 2 atom stereocenters. The lowest BCUT2D eigenvalue weighted by Gasteiger charge is -2.33. The number of aliphatic hydroxyl groups is 1. The lowest BCUT2D eigenvalue weighted by molar-refractivity contribution is 0.0609. The topological polar surface area (TPSA) is 36.4 Å². The first-order valence-corrected chi connectivity index (χ1v) is 10.3. The fourth-order valence-electron chi connectivity index (χ4n) is 4.21. The van der Waals surface area contributed by atoms with Crippen molar-refractivity contribution in [1.82, 2.24) is 9.88 Å². The van der Waals surface area contributed by atoms with E-state index in [-0.39, 0.29) is 11.9 Å². The highest BCUT2D eigenvalue weighted by Crippen LogP contribution is 2.39. The number of benzene rings is 2. The van der Waals surface area contributed by atoms with E-state index >= 15 is 0 Å². The van der Waals surface area contributed by atoms with Gasteiger partial charge in [-0.15, -0.1) is 0 Å². The second-order valence-electron chi connectivity index (χ2n) is 7.64. The summed E-state index contributed by atoms with van der Waals surface area (Å²) in [6.45, 7) is 3.80. The van der Waals surface area contributed by atoms with Crippen LogP contribution in [-0.4, -0.2) is 28.1 Å². The number of aliphatic hydroxyl groups excluding tert-OH is 1. The largest absolute Gasteiger partial charge is 0.386 e. The van der Waals surface area contributed by atoms with Crippen LogP contribution in [0.15, 0.2) is 60.8 Å². The van der Waals surface area contributed by atoms with Crippen LogP contribution in [0, 0.1) is 12.7 Å². The van der Waals surface area contributed by atoms with Gasteiger partial charge in [-0.1, -0.05) is 29.8 Å². The summed E-state index contributed by atoms with van der Waals surface area (Å²) in [4.78, 5) is 6.85. The number of pyridine rings is 1. The van der Waals surface area contributed by atoms with Gasteiger partial charge >= 0.3 is 0 Å². The minimum Gasteiger partial charge on any atom is -0.386 e. The van der Waals surface area contributed by atoms with Crippen molar-refractivity contribution in [1.29, 1.82) is 0 Å². The van der Waals surface area contributed by atoms with Crippen molar-refractivity contribution in [3.05, 3.63) is 88.3 Å². The first kappa shape index (κ1) is 20.0. The monoisotopic (exact) mass is 410 g/mol. The number of halogens is 2. The molecule has 29 heavy (non-hydrogen) atoms. The lowest BCUT2D eigenvalue weighted by Crippen LogP contribution is -2.31. The van der Waals surface area contributed by atoms with E-state index in [1.807, 2.05) is 37.3 Å². The third-order valence-electron chi connectivity index (χ3n) is 5.52. The van der Waals surface area contributed by atoms with Gasteiger partial charge in [-0.2, -0.15) is 0 Å². The quantitative estimate of drug-likeness (QED) is 0.584. The van der Waals surface area contributed by atoms with E-state index in [4.69, 9.17) is 11.6 Å². The third-order valence-corrected chi connectivity index (χ3v) is 5.74. The summed E-state index contributed by atoms with van der Waals surface area (Å²) >= 11 is 6.27. The molecule has 0 bridgehead atoms. The summed E-state index contributed by atoms with van der Waals surface area (Å²) in [5.74, 6) is -0.278. The maximum atomic E-state index is 13.5. The Morgan fingerprint density at radius 3 is 2.48 bits per heavy atom. The number of aryl methyl sites for hydroxylation is 1. The molecule has 0 aliphatic carbocycles. The molecule has 3 aromatic rings. The number of hydrogen-bond acceptors (Lipinski definition) is 3. The van der Waals surface area contributed by atoms with Crippen LogP contribution < -0.4 is 0 Å². The van der Waals surface area contributed by atoms with Gasteiger partial charge in [0.15, 0.2) is 0 Å². The Kier molecular flexibility index (Phi) is 5.95. The van der Waals surface area contributed by atoms with Crippen molar-refractivity contribution >= 4 is 11.6 Å². The van der Waals surface area contributed by atoms with Gasteiger partial charge in [-0.05, 0) is 80.4 Å². The Hall–Kier alpha value is -2.27. The molecule has 1 aliphatic heterocycles. The average molecular weight is 411 g/mol. The molecule has 1 fully saturated rings. The van der Waals surface area contributed by atoms with Crippen LogP contribution in [0.1, 0.15) is 41.7 Å². The van der Waals surface area contributed by atoms with Gasteiger partial charge in [0.25, 0.3) is 0 Å². The van der Waals surface area contributed by atoms with Crippen molar-refractivity contribution in [3.63, 3.8) is 0 Å². The van der Waals surface area contributed by atoms with E-state index in [0.717, 1.165) is 53.9 Å². The van der Waals surface area contributed by atoms with Crippen LogP contribution in [-0.2, 0) is 0 Å². The first-order valence-electron chi connectivity index (χ1n) is 9.93. The third kappa shape index (κ3) is 4.35. The van der Waals surface area contributed by atoms with Crippen LogP contribution in [0.5, 0.6) is 0 Å². The molecule has 0 amide bonds. The van der Waals surface area contributed by atoms with Gasteiger partial charge < -0.3 is 5.11 Å². The Labute approximate surface area is 175 Å². The van der Waals surface area contributed by atoms with E-state index in [2.05, 4.69) is 9.88 Å². The summed E-state index contributed by atoms with van der Waals surface area (Å²) in [5.41, 5.74) is 4.28. The molecule has 5 heteroatoms. The van der Waals surface area contributed by atoms with E-state index < -0.39 is 6.10 Å². The first-order chi connectivity index (χ1) is 14.0. The number of nitrogens with zero attached hydrogens (tertiary/aromatic N) is 2. The SMILES string of the molecule is Cc1cc(Cl)cc(-c2ncccc2[C@@H](O)[C@H](c2ccc(F)cc2)N2CCCC2)c1. The molecule has 1 saturated heterocycles. The van der Waals surface area contributed by atoms with Crippen molar-refractivity contribution in [2.45, 2.75) is 31.9 Å². The fourth-order valence-corrected chi connectivity index (χ4v) is 4.50. The second kappa shape index (κ2) is 8.62. The molecule has 2 aromatic carbocycles. The number of hydrogen-bond donors (Lipinski definition) is 1. The normalized spacial score (nSPS) is 16.7. The molecule has 0 saturated carbocycles. The van der Waals surface area contributed by atoms with Crippen LogP contribution in [0.3, 0.4) is 0 Å². The van der Waals surface area contributed by atoms with Gasteiger partial charge in [0.05, 0.1) is 11.7 Å². The van der Waals surface area contributed by atoms with Crippen LogP contribution in [0.25, 0.3) is 11.3 Å². The molecule has 1 aromatic heterocycles. The Morgan fingerprint density at radius 1 is 1.07 bits per heavy atom. The summed E-state index contributed by atoms with van der Waals surface area (Å²) in [5, 5.41) is 12.2. The van der Waals surface area contributed by atoms with E-state index in [9.17, 15) is 9.50 Å². The van der Waals surface area contributed by atoms with Crippen molar-refractivity contribution < 1.29 is 9.50 Å². The average Bonchev–Trinajstić information content (AvgIpc) is 3.23. The van der Waals surface area contributed by atoms with Gasteiger partial charge in [0.1, 0.15) is 11.9 Å². The van der Waals surface area contributed by atoms with Gasteiger partial charge in [0.2, 0.25) is 0 Å². The van der Waals surface area contributed by atoms with Crippen molar-refractivity contribution in [2.75, 3.05) is 13.1 Å². The molecule has 1 N–H and O–H groups in total. The van der Waals surface area contributed by atoms with Gasteiger partial charge in [0, 0.05) is 22.3 Å². The van der Waals surface area contributed by atoms with Crippen LogP contribution in [0.2, 0.25) is 5.02 Å². The molecule has 1 aliphatic rings. The van der Waals surface area contributed by atoms with E-state index in [0.29, 0.717) is 5.02 Å². The molecule has 0 spiro atoms. The van der Waals surface area contributed by atoms with Crippen LogP contribution in [0.4, 0.5) is 4.39 Å². The molecular formula is C24H24ClFN2O. The Balaban J connectivity index is 1.78. The molecule has 150 valence electrons. The summed E-state index contributed by atoms with van der Waals surface area (Å²) in [7, 11) is 0. The fraction of sp³-hybridized carbons (Fsp3) is 0.292. The maximum Gasteiger partial charge on any atom is 0.123 e. The lowest BCUT2D eigenvalue weighted by atomic mass is 9.91.